The fraction of sp³-hybridized carbons (Fsp3) is 0.500. The second-order valence-electron chi connectivity index (χ2n) is 6.23. The first-order chi connectivity index (χ1) is 10.2. The van der Waals surface area contributed by atoms with Crippen LogP contribution in [0, 0.1) is 0 Å². The minimum Gasteiger partial charge on any atom is -0.384 e. The average molecular weight is 283 g/mol. The number of rotatable bonds is 6. The average Bonchev–Trinajstić information content (AvgIpc) is 3.28. The van der Waals surface area contributed by atoms with Crippen LogP contribution in [0.5, 0.6) is 0 Å². The van der Waals surface area contributed by atoms with Gasteiger partial charge in [-0.1, -0.05) is 44.2 Å². The maximum absolute atomic E-state index is 6.40. The highest BCUT2D eigenvalue weighted by molar-refractivity contribution is 5.41. The molecule has 1 aromatic heterocycles. The van der Waals surface area contributed by atoms with E-state index in [1.54, 1.807) is 0 Å². The summed E-state index contributed by atoms with van der Waals surface area (Å²) >= 11 is 0. The first-order valence-electron chi connectivity index (χ1n) is 8.11. The Morgan fingerprint density at radius 3 is 2.62 bits per heavy atom. The molecule has 0 amide bonds. The number of aryl methyl sites for hydroxylation is 1. The van der Waals surface area contributed by atoms with E-state index < -0.39 is 0 Å². The van der Waals surface area contributed by atoms with Crippen molar-refractivity contribution in [2.24, 2.45) is 0 Å². The zero-order chi connectivity index (χ0) is 14.8. The highest BCUT2D eigenvalue weighted by Crippen LogP contribution is 2.39. The number of benzene rings is 1. The second-order valence-corrected chi connectivity index (χ2v) is 6.23. The Kier molecular flexibility index (Phi) is 4.00. The van der Waals surface area contributed by atoms with E-state index in [-0.39, 0.29) is 0 Å². The molecule has 2 aromatic rings. The summed E-state index contributed by atoms with van der Waals surface area (Å²) in [5, 5.41) is 0. The van der Waals surface area contributed by atoms with Gasteiger partial charge >= 0.3 is 0 Å². The number of aromatic nitrogens is 2. The summed E-state index contributed by atoms with van der Waals surface area (Å²) in [4.78, 5) is 4.86. The maximum Gasteiger partial charge on any atom is 0.127 e. The molecule has 3 heteroatoms. The van der Waals surface area contributed by atoms with Crippen molar-refractivity contribution < 1.29 is 0 Å². The minimum atomic E-state index is 0.450. The van der Waals surface area contributed by atoms with Crippen LogP contribution in [0.15, 0.2) is 30.3 Å². The largest absolute Gasteiger partial charge is 0.384 e. The predicted molar refractivity (Wildman–Crippen MR) is 87.5 cm³/mol. The normalized spacial score (nSPS) is 16.1. The zero-order valence-electron chi connectivity index (χ0n) is 13.0. The molecule has 2 N–H and O–H groups in total. The molecule has 0 spiro atoms. The molecule has 3 nitrogen and oxygen atoms in total. The van der Waals surface area contributed by atoms with Gasteiger partial charge in [-0.15, -0.1) is 0 Å². The van der Waals surface area contributed by atoms with Crippen LogP contribution in [0.3, 0.4) is 0 Å². The summed E-state index contributed by atoms with van der Waals surface area (Å²) in [6, 6.07) is 11.2. The quantitative estimate of drug-likeness (QED) is 0.867. The van der Waals surface area contributed by atoms with Gasteiger partial charge in [-0.3, -0.25) is 0 Å². The summed E-state index contributed by atoms with van der Waals surface area (Å²) in [6.45, 7) is 4.46. The smallest absolute Gasteiger partial charge is 0.127 e. The van der Waals surface area contributed by atoms with Gasteiger partial charge in [0.1, 0.15) is 11.6 Å². The standard InChI is InChI=1S/C18H25N3/c1-3-7-17-20-16(18(19)21(17)15-10-11-15)12-13(2)14-8-5-4-6-9-14/h4-6,8-9,13,15H,3,7,10-12,19H2,1-2H3. The van der Waals surface area contributed by atoms with Gasteiger partial charge in [-0.2, -0.15) is 0 Å². The van der Waals surface area contributed by atoms with E-state index in [9.17, 15) is 0 Å². The van der Waals surface area contributed by atoms with Gasteiger partial charge < -0.3 is 10.3 Å². The molecule has 1 saturated carbocycles. The zero-order valence-corrected chi connectivity index (χ0v) is 13.0. The van der Waals surface area contributed by atoms with E-state index in [4.69, 9.17) is 10.7 Å². The van der Waals surface area contributed by atoms with Gasteiger partial charge in [0.15, 0.2) is 0 Å². The molecule has 0 radical (unpaired) electrons. The van der Waals surface area contributed by atoms with E-state index in [0.717, 1.165) is 30.8 Å². The topological polar surface area (TPSA) is 43.8 Å². The van der Waals surface area contributed by atoms with Crippen molar-refractivity contribution >= 4 is 5.82 Å². The lowest BCUT2D eigenvalue weighted by Gasteiger charge is -2.11. The summed E-state index contributed by atoms with van der Waals surface area (Å²) in [5.41, 5.74) is 8.84. The van der Waals surface area contributed by atoms with Gasteiger partial charge in [0.25, 0.3) is 0 Å². The van der Waals surface area contributed by atoms with E-state index in [0.29, 0.717) is 12.0 Å². The highest BCUT2D eigenvalue weighted by Gasteiger charge is 2.29. The van der Waals surface area contributed by atoms with Gasteiger partial charge in [0.05, 0.1) is 5.69 Å². The Morgan fingerprint density at radius 1 is 1.29 bits per heavy atom. The lowest BCUT2D eigenvalue weighted by atomic mass is 9.96. The molecule has 1 atom stereocenters. The molecule has 3 rings (SSSR count). The third-order valence-electron chi connectivity index (χ3n) is 4.35. The van der Waals surface area contributed by atoms with Crippen molar-refractivity contribution in [3.8, 4) is 0 Å². The first-order valence-corrected chi connectivity index (χ1v) is 8.11. The summed E-state index contributed by atoms with van der Waals surface area (Å²) in [6.07, 6.45) is 5.58. The van der Waals surface area contributed by atoms with Crippen molar-refractivity contribution in [1.29, 1.82) is 0 Å². The Bertz CT molecular complexity index is 596. The molecule has 1 aliphatic carbocycles. The molecule has 1 unspecified atom stereocenters. The van der Waals surface area contributed by atoms with Crippen LogP contribution < -0.4 is 5.73 Å². The number of nitrogens with two attached hydrogens (primary N) is 1. The number of imidazole rings is 1. The van der Waals surface area contributed by atoms with Crippen molar-refractivity contribution in [2.45, 2.75) is 57.9 Å². The molecule has 21 heavy (non-hydrogen) atoms. The third kappa shape index (κ3) is 2.97. The molecular formula is C18H25N3. The number of nitrogens with zero attached hydrogens (tertiary/aromatic N) is 2. The Balaban J connectivity index is 1.83. The van der Waals surface area contributed by atoms with Crippen molar-refractivity contribution in [3.63, 3.8) is 0 Å². The lowest BCUT2D eigenvalue weighted by molar-refractivity contribution is 0.676. The Hall–Kier alpha value is -1.77. The summed E-state index contributed by atoms with van der Waals surface area (Å²) < 4.78 is 2.30. The molecule has 112 valence electrons. The minimum absolute atomic E-state index is 0.450. The monoisotopic (exact) mass is 283 g/mol. The van der Waals surface area contributed by atoms with E-state index in [1.165, 1.54) is 24.2 Å². The fourth-order valence-corrected chi connectivity index (χ4v) is 3.02. The van der Waals surface area contributed by atoms with E-state index in [2.05, 4.69) is 48.7 Å². The molecule has 1 fully saturated rings. The van der Waals surface area contributed by atoms with E-state index in [1.807, 2.05) is 0 Å². The maximum atomic E-state index is 6.40. The van der Waals surface area contributed by atoms with Crippen LogP contribution in [0.25, 0.3) is 0 Å². The number of anilines is 1. The number of hydrogen-bond donors (Lipinski definition) is 1. The number of hydrogen-bond acceptors (Lipinski definition) is 2. The van der Waals surface area contributed by atoms with Crippen molar-refractivity contribution in [1.82, 2.24) is 9.55 Å². The van der Waals surface area contributed by atoms with Crippen LogP contribution in [0.4, 0.5) is 5.82 Å². The third-order valence-corrected chi connectivity index (χ3v) is 4.35. The van der Waals surface area contributed by atoms with Crippen molar-refractivity contribution in [3.05, 3.63) is 47.4 Å². The van der Waals surface area contributed by atoms with Crippen LogP contribution in [0.1, 0.15) is 62.2 Å². The Morgan fingerprint density at radius 2 is 2.00 bits per heavy atom. The Labute approximate surface area is 127 Å². The van der Waals surface area contributed by atoms with E-state index >= 15 is 0 Å². The molecule has 0 bridgehead atoms. The van der Waals surface area contributed by atoms with Gasteiger partial charge in [0.2, 0.25) is 0 Å². The lowest BCUT2D eigenvalue weighted by Crippen LogP contribution is -2.06. The molecule has 0 aliphatic heterocycles. The summed E-state index contributed by atoms with van der Waals surface area (Å²) in [7, 11) is 0. The van der Waals surface area contributed by atoms with Gasteiger partial charge in [-0.25, -0.2) is 4.98 Å². The molecular weight excluding hydrogens is 258 g/mol. The van der Waals surface area contributed by atoms with Crippen molar-refractivity contribution in [2.75, 3.05) is 5.73 Å². The van der Waals surface area contributed by atoms with Crippen LogP contribution in [-0.4, -0.2) is 9.55 Å². The molecule has 1 aliphatic rings. The predicted octanol–water partition coefficient (Wildman–Crippen LogP) is 4.10. The van der Waals surface area contributed by atoms with Gasteiger partial charge in [-0.05, 0) is 37.2 Å². The molecule has 1 heterocycles. The highest BCUT2D eigenvalue weighted by atomic mass is 15.2. The van der Waals surface area contributed by atoms with Crippen LogP contribution in [0.2, 0.25) is 0 Å². The fourth-order valence-electron chi connectivity index (χ4n) is 3.02. The molecule has 0 saturated heterocycles. The van der Waals surface area contributed by atoms with Gasteiger partial charge in [0, 0.05) is 12.5 Å². The number of nitrogen functional groups attached to an aromatic ring is 1. The first kappa shape index (κ1) is 14.2. The summed E-state index contributed by atoms with van der Waals surface area (Å²) in [5.74, 6) is 2.54. The van der Waals surface area contributed by atoms with Crippen LogP contribution in [-0.2, 0) is 12.8 Å². The SMILES string of the molecule is CCCc1nc(CC(C)c2ccccc2)c(N)n1C1CC1. The van der Waals surface area contributed by atoms with Crippen LogP contribution >= 0.6 is 0 Å². The molecule has 1 aromatic carbocycles. The second kappa shape index (κ2) is 5.92.